The number of hydrogen-bond donors (Lipinski definition) is 3. The molecule has 6 nitrogen and oxygen atoms in total. The Hall–Kier alpha value is -1.14. The third-order valence-corrected chi connectivity index (χ3v) is 2.22. The normalized spacial score (nSPS) is 12.3. The second kappa shape index (κ2) is 8.95. The summed E-state index contributed by atoms with van der Waals surface area (Å²) in [5, 5.41) is 8.33. The van der Waals surface area contributed by atoms with E-state index in [1.54, 1.807) is 0 Å². The number of likely N-dealkylation sites (N-methyl/N-ethyl adjacent to an activating group) is 1. The first-order chi connectivity index (χ1) is 8.02. The van der Waals surface area contributed by atoms with E-state index in [-0.39, 0.29) is 24.3 Å². The van der Waals surface area contributed by atoms with E-state index in [1.165, 1.54) is 7.11 Å². The van der Waals surface area contributed by atoms with Crippen LogP contribution in [0.25, 0.3) is 0 Å². The van der Waals surface area contributed by atoms with Gasteiger partial charge in [0, 0.05) is 20.2 Å². The highest BCUT2D eigenvalue weighted by Gasteiger charge is 2.23. The van der Waals surface area contributed by atoms with E-state index in [2.05, 4.69) is 16.0 Å². The lowest BCUT2D eigenvalue weighted by Crippen LogP contribution is -2.51. The maximum absolute atomic E-state index is 11.8. The van der Waals surface area contributed by atoms with E-state index in [0.29, 0.717) is 13.1 Å². The minimum Gasteiger partial charge on any atom is -0.375 e. The Labute approximate surface area is 102 Å². The van der Waals surface area contributed by atoms with Gasteiger partial charge in [0.2, 0.25) is 11.8 Å². The summed E-state index contributed by atoms with van der Waals surface area (Å²) in [4.78, 5) is 23.2. The molecule has 0 heterocycles. The zero-order chi connectivity index (χ0) is 13.3. The van der Waals surface area contributed by atoms with Gasteiger partial charge in [-0.2, -0.15) is 0 Å². The lowest BCUT2D eigenvalue weighted by molar-refractivity contribution is -0.131. The van der Waals surface area contributed by atoms with Crippen molar-refractivity contribution in [2.75, 3.05) is 33.9 Å². The fraction of sp³-hybridized carbons (Fsp3) is 0.818. The molecular weight excluding hydrogens is 222 g/mol. The minimum absolute atomic E-state index is 0.0328. The Balaban J connectivity index is 4.21. The van der Waals surface area contributed by atoms with E-state index >= 15 is 0 Å². The average molecular weight is 245 g/mol. The molecule has 0 aliphatic heterocycles. The van der Waals surface area contributed by atoms with Crippen LogP contribution in [0.1, 0.15) is 13.8 Å². The fourth-order valence-electron chi connectivity index (χ4n) is 1.30. The Bertz CT molecular complexity index is 244. The third kappa shape index (κ3) is 6.91. The van der Waals surface area contributed by atoms with Gasteiger partial charge in [0.1, 0.15) is 12.6 Å². The van der Waals surface area contributed by atoms with Crippen molar-refractivity contribution in [1.29, 1.82) is 0 Å². The second-order valence-electron chi connectivity index (χ2n) is 4.12. The molecule has 3 N–H and O–H groups in total. The van der Waals surface area contributed by atoms with E-state index in [1.807, 2.05) is 20.9 Å². The fourth-order valence-corrected chi connectivity index (χ4v) is 1.30. The molecule has 0 aromatic heterocycles. The van der Waals surface area contributed by atoms with Gasteiger partial charge < -0.3 is 20.7 Å². The van der Waals surface area contributed by atoms with Crippen LogP contribution in [-0.2, 0) is 14.3 Å². The van der Waals surface area contributed by atoms with Crippen LogP contribution in [0.5, 0.6) is 0 Å². The van der Waals surface area contributed by atoms with Crippen molar-refractivity contribution in [3.8, 4) is 0 Å². The summed E-state index contributed by atoms with van der Waals surface area (Å²) in [6, 6.07) is -0.519. The van der Waals surface area contributed by atoms with Crippen molar-refractivity contribution in [1.82, 2.24) is 16.0 Å². The molecule has 0 aliphatic carbocycles. The highest BCUT2D eigenvalue weighted by Crippen LogP contribution is 2.01. The molecule has 100 valence electrons. The molecule has 0 aromatic rings. The second-order valence-corrected chi connectivity index (χ2v) is 4.12. The Morgan fingerprint density at radius 3 is 2.35 bits per heavy atom. The largest absolute Gasteiger partial charge is 0.375 e. The standard InChI is InChI=1S/C11H23N3O3/c1-8(2)10(14-9(15)7-17-4)11(16)13-6-5-12-3/h8,10,12H,5-7H2,1-4H3,(H,13,16)(H,14,15)/t10-/m0/s1. The van der Waals surface area contributed by atoms with Crippen molar-refractivity contribution in [3.05, 3.63) is 0 Å². The molecule has 0 fully saturated rings. The lowest BCUT2D eigenvalue weighted by Gasteiger charge is -2.21. The van der Waals surface area contributed by atoms with Gasteiger partial charge >= 0.3 is 0 Å². The van der Waals surface area contributed by atoms with Gasteiger partial charge in [-0.25, -0.2) is 0 Å². The van der Waals surface area contributed by atoms with Crippen LogP contribution in [0.3, 0.4) is 0 Å². The molecule has 1 atom stereocenters. The molecular formula is C11H23N3O3. The van der Waals surface area contributed by atoms with Gasteiger partial charge in [0.15, 0.2) is 0 Å². The van der Waals surface area contributed by atoms with Crippen molar-refractivity contribution >= 4 is 11.8 Å². The van der Waals surface area contributed by atoms with Crippen LogP contribution in [0, 0.1) is 5.92 Å². The summed E-state index contributed by atoms with van der Waals surface area (Å²) >= 11 is 0. The Morgan fingerprint density at radius 2 is 1.88 bits per heavy atom. The minimum atomic E-state index is -0.519. The molecule has 0 spiro atoms. The number of amides is 2. The first kappa shape index (κ1) is 15.9. The average Bonchev–Trinajstić information content (AvgIpc) is 2.26. The monoisotopic (exact) mass is 245 g/mol. The smallest absolute Gasteiger partial charge is 0.246 e. The van der Waals surface area contributed by atoms with Crippen LogP contribution < -0.4 is 16.0 Å². The van der Waals surface area contributed by atoms with Crippen molar-refractivity contribution < 1.29 is 14.3 Å². The summed E-state index contributed by atoms with van der Waals surface area (Å²) < 4.78 is 4.71. The molecule has 0 bridgehead atoms. The predicted molar refractivity (Wildman–Crippen MR) is 65.6 cm³/mol. The number of carbonyl (C=O) groups excluding carboxylic acids is 2. The summed E-state index contributed by atoms with van der Waals surface area (Å²) in [7, 11) is 3.25. The van der Waals surface area contributed by atoms with Crippen LogP contribution >= 0.6 is 0 Å². The lowest BCUT2D eigenvalue weighted by atomic mass is 10.0. The first-order valence-corrected chi connectivity index (χ1v) is 5.73. The molecule has 6 heteroatoms. The van der Waals surface area contributed by atoms with Crippen molar-refractivity contribution in [2.24, 2.45) is 5.92 Å². The number of hydrogen-bond acceptors (Lipinski definition) is 4. The molecule has 0 unspecified atom stereocenters. The van der Waals surface area contributed by atoms with Crippen LogP contribution in [0.15, 0.2) is 0 Å². The van der Waals surface area contributed by atoms with Gasteiger partial charge in [-0.1, -0.05) is 13.8 Å². The van der Waals surface area contributed by atoms with Crippen LogP contribution in [0.2, 0.25) is 0 Å². The summed E-state index contributed by atoms with van der Waals surface area (Å²) in [6.45, 7) is 4.97. The van der Waals surface area contributed by atoms with Crippen LogP contribution in [0.4, 0.5) is 0 Å². The van der Waals surface area contributed by atoms with E-state index in [9.17, 15) is 9.59 Å². The Morgan fingerprint density at radius 1 is 1.24 bits per heavy atom. The molecule has 2 amide bonds. The number of carbonyl (C=O) groups is 2. The van der Waals surface area contributed by atoms with Crippen LogP contribution in [-0.4, -0.2) is 51.7 Å². The highest BCUT2D eigenvalue weighted by molar-refractivity contribution is 5.88. The molecule has 0 saturated carbocycles. The zero-order valence-corrected chi connectivity index (χ0v) is 11.0. The molecule has 17 heavy (non-hydrogen) atoms. The van der Waals surface area contributed by atoms with Gasteiger partial charge in [-0.3, -0.25) is 9.59 Å². The number of methoxy groups -OCH3 is 1. The molecule has 0 radical (unpaired) electrons. The first-order valence-electron chi connectivity index (χ1n) is 5.73. The number of rotatable bonds is 8. The topological polar surface area (TPSA) is 79.5 Å². The van der Waals surface area contributed by atoms with Gasteiger partial charge in [-0.15, -0.1) is 0 Å². The summed E-state index contributed by atoms with van der Waals surface area (Å²) in [5.41, 5.74) is 0. The molecule has 0 aliphatic rings. The zero-order valence-electron chi connectivity index (χ0n) is 11.0. The summed E-state index contributed by atoms with van der Waals surface area (Å²) in [6.07, 6.45) is 0. The quantitative estimate of drug-likeness (QED) is 0.485. The van der Waals surface area contributed by atoms with Gasteiger partial charge in [0.05, 0.1) is 0 Å². The highest BCUT2D eigenvalue weighted by atomic mass is 16.5. The third-order valence-electron chi connectivity index (χ3n) is 2.22. The van der Waals surface area contributed by atoms with Crippen molar-refractivity contribution in [3.63, 3.8) is 0 Å². The molecule has 0 rings (SSSR count). The van der Waals surface area contributed by atoms with E-state index < -0.39 is 6.04 Å². The van der Waals surface area contributed by atoms with Crippen molar-refractivity contribution in [2.45, 2.75) is 19.9 Å². The van der Waals surface area contributed by atoms with Gasteiger partial charge in [-0.05, 0) is 13.0 Å². The van der Waals surface area contributed by atoms with Gasteiger partial charge in [0.25, 0.3) is 0 Å². The summed E-state index contributed by atoms with van der Waals surface area (Å²) in [5.74, 6) is -0.417. The van der Waals surface area contributed by atoms with E-state index in [4.69, 9.17) is 4.74 Å². The maximum Gasteiger partial charge on any atom is 0.246 e. The molecule has 0 aromatic carbocycles. The maximum atomic E-state index is 11.8. The SMILES string of the molecule is CNCCNC(=O)[C@@H](NC(=O)COC)C(C)C. The molecule has 0 saturated heterocycles. The number of ether oxygens (including phenoxy) is 1. The predicted octanol–water partition coefficient (Wildman–Crippen LogP) is -0.891. The van der Waals surface area contributed by atoms with E-state index in [0.717, 1.165) is 0 Å². The number of nitrogens with one attached hydrogen (secondary N) is 3. The Kier molecular flexibility index (Phi) is 8.35.